The predicted octanol–water partition coefficient (Wildman–Crippen LogP) is 1.04. The Morgan fingerprint density at radius 2 is 1.81 bits per heavy atom. The molecule has 5 nitrogen and oxygen atoms in total. The van der Waals surface area contributed by atoms with Crippen molar-refractivity contribution in [2.45, 2.75) is 6.18 Å². The van der Waals surface area contributed by atoms with E-state index in [-0.39, 0.29) is 12.1 Å². The minimum absolute atomic E-state index is 0.161. The third kappa shape index (κ3) is 6.41. The van der Waals surface area contributed by atoms with Crippen molar-refractivity contribution in [2.24, 2.45) is 5.14 Å². The van der Waals surface area contributed by atoms with E-state index in [4.69, 9.17) is 5.14 Å². The number of nitrogens with two attached hydrogens (primary N) is 1. The molecule has 0 aliphatic heterocycles. The van der Waals surface area contributed by atoms with Gasteiger partial charge in [0.25, 0.3) is 0 Å². The zero-order valence-corrected chi connectivity index (χ0v) is 11.5. The lowest BCUT2D eigenvalue weighted by molar-refractivity contribution is -0.116. The molecule has 0 aliphatic carbocycles. The maximum absolute atomic E-state index is 12.9. The number of allylic oxidation sites excluding steroid dienone is 1. The number of hydrogen-bond acceptors (Lipinski definition) is 3. The molecular formula is C12H13F3N2O3S. The number of amides is 1. The van der Waals surface area contributed by atoms with Crippen molar-refractivity contribution in [3.05, 3.63) is 42.0 Å². The number of rotatable bonds is 5. The molecule has 9 heteroatoms. The Labute approximate surface area is 119 Å². The van der Waals surface area contributed by atoms with E-state index in [0.717, 1.165) is 0 Å². The van der Waals surface area contributed by atoms with E-state index in [1.165, 1.54) is 24.3 Å². The van der Waals surface area contributed by atoms with E-state index in [2.05, 4.69) is 0 Å². The summed E-state index contributed by atoms with van der Waals surface area (Å²) >= 11 is 0. The molecule has 0 heterocycles. The van der Waals surface area contributed by atoms with Crippen LogP contribution in [0.5, 0.6) is 0 Å². The molecule has 0 aromatic heterocycles. The molecule has 0 unspecified atom stereocenters. The van der Waals surface area contributed by atoms with Crippen molar-refractivity contribution in [3.8, 4) is 0 Å². The highest BCUT2D eigenvalue weighted by atomic mass is 32.2. The quantitative estimate of drug-likeness (QED) is 0.794. The third-order valence-electron chi connectivity index (χ3n) is 2.35. The molecule has 1 amide bonds. The molecule has 0 bridgehead atoms. The second-order valence-corrected chi connectivity index (χ2v) is 5.81. The number of hydrogen-bond donors (Lipinski definition) is 2. The molecule has 1 aromatic rings. The molecule has 0 aliphatic rings. The van der Waals surface area contributed by atoms with Gasteiger partial charge in [0.15, 0.2) is 0 Å². The minimum atomic E-state index is -4.71. The molecule has 0 saturated carbocycles. The number of carbonyl (C=O) groups is 1. The Balaban J connectivity index is 2.87. The largest absolute Gasteiger partial charge is 0.417 e. The van der Waals surface area contributed by atoms with Crippen LogP contribution in [0.25, 0.3) is 5.57 Å². The third-order valence-corrected chi connectivity index (χ3v) is 3.12. The number of benzene rings is 1. The van der Waals surface area contributed by atoms with E-state index >= 15 is 0 Å². The van der Waals surface area contributed by atoms with Gasteiger partial charge >= 0.3 is 6.18 Å². The van der Waals surface area contributed by atoms with E-state index in [9.17, 15) is 26.4 Å². The monoisotopic (exact) mass is 322 g/mol. The number of alkyl halides is 3. The lowest BCUT2D eigenvalue weighted by atomic mass is 10.1. The first-order chi connectivity index (χ1) is 9.59. The van der Waals surface area contributed by atoms with Gasteiger partial charge in [-0.05, 0) is 5.56 Å². The summed E-state index contributed by atoms with van der Waals surface area (Å²) in [4.78, 5) is 11.4. The van der Waals surface area contributed by atoms with Gasteiger partial charge in [0.2, 0.25) is 15.9 Å². The minimum Gasteiger partial charge on any atom is -0.351 e. The first-order valence-corrected chi connectivity index (χ1v) is 7.44. The van der Waals surface area contributed by atoms with E-state index in [1.54, 1.807) is 6.07 Å². The molecular weight excluding hydrogens is 309 g/mol. The molecule has 0 fully saturated rings. The molecule has 1 rings (SSSR count). The van der Waals surface area contributed by atoms with Crippen LogP contribution in [0.1, 0.15) is 5.56 Å². The van der Waals surface area contributed by atoms with Gasteiger partial charge in [-0.2, -0.15) is 13.2 Å². The highest BCUT2D eigenvalue weighted by Gasteiger charge is 2.35. The van der Waals surface area contributed by atoms with Crippen molar-refractivity contribution in [1.29, 1.82) is 0 Å². The standard InChI is InChI=1S/C12H13F3N2O3S/c13-12(14,15)10(9-4-2-1-3-5-9)8-11(18)17-6-7-21(16,19)20/h1-5,8H,6-7H2,(H,17,18)(H2,16,19,20). The predicted molar refractivity (Wildman–Crippen MR) is 71.5 cm³/mol. The average molecular weight is 322 g/mol. The zero-order chi connectivity index (χ0) is 16.1. The van der Waals surface area contributed by atoms with Crippen molar-refractivity contribution >= 4 is 21.5 Å². The highest BCUT2D eigenvalue weighted by Crippen LogP contribution is 2.33. The van der Waals surface area contributed by atoms with Gasteiger partial charge in [-0.3, -0.25) is 4.79 Å². The fourth-order valence-corrected chi connectivity index (χ4v) is 1.83. The molecule has 0 spiro atoms. The topological polar surface area (TPSA) is 89.3 Å². The lowest BCUT2D eigenvalue weighted by Crippen LogP contribution is -2.31. The van der Waals surface area contributed by atoms with Crippen molar-refractivity contribution in [2.75, 3.05) is 12.3 Å². The number of primary sulfonamides is 1. The Morgan fingerprint density at radius 1 is 1.24 bits per heavy atom. The van der Waals surface area contributed by atoms with Crippen molar-refractivity contribution in [3.63, 3.8) is 0 Å². The van der Waals surface area contributed by atoms with Crippen LogP contribution in [0.15, 0.2) is 36.4 Å². The summed E-state index contributed by atoms with van der Waals surface area (Å²) in [6.07, 6.45) is -4.32. The van der Waals surface area contributed by atoms with E-state index in [1.807, 2.05) is 5.32 Å². The summed E-state index contributed by atoms with van der Waals surface area (Å²) < 4.78 is 60.0. The zero-order valence-electron chi connectivity index (χ0n) is 10.7. The number of halogens is 3. The number of carbonyl (C=O) groups excluding carboxylic acids is 1. The van der Waals surface area contributed by atoms with Gasteiger partial charge in [0.05, 0.1) is 11.3 Å². The first-order valence-electron chi connectivity index (χ1n) is 5.72. The fraction of sp³-hybridized carbons (Fsp3) is 0.250. The molecule has 0 radical (unpaired) electrons. The van der Waals surface area contributed by atoms with Gasteiger partial charge in [-0.25, -0.2) is 13.6 Å². The van der Waals surface area contributed by atoms with Crippen LogP contribution < -0.4 is 10.5 Å². The molecule has 21 heavy (non-hydrogen) atoms. The summed E-state index contributed by atoms with van der Waals surface area (Å²) in [5.41, 5.74) is -1.28. The van der Waals surface area contributed by atoms with E-state index in [0.29, 0.717) is 6.08 Å². The Kier molecular flexibility index (Phi) is 5.50. The molecule has 0 saturated heterocycles. The second-order valence-electron chi connectivity index (χ2n) is 4.08. The summed E-state index contributed by atoms with van der Waals surface area (Å²) in [6.45, 7) is -0.367. The smallest absolute Gasteiger partial charge is 0.351 e. The van der Waals surface area contributed by atoms with Crippen LogP contribution in [0.4, 0.5) is 13.2 Å². The fourth-order valence-electron chi connectivity index (χ4n) is 1.45. The van der Waals surface area contributed by atoms with Crippen LogP contribution in [0.2, 0.25) is 0 Å². The van der Waals surface area contributed by atoms with Crippen LogP contribution in [0, 0.1) is 0 Å². The maximum atomic E-state index is 12.9. The van der Waals surface area contributed by atoms with Gasteiger partial charge in [-0.1, -0.05) is 30.3 Å². The summed E-state index contributed by atoms with van der Waals surface area (Å²) in [5.74, 6) is -1.60. The first kappa shape index (κ1) is 17.2. The summed E-state index contributed by atoms with van der Waals surface area (Å²) in [7, 11) is -3.79. The number of nitrogens with one attached hydrogen (secondary N) is 1. The van der Waals surface area contributed by atoms with Crippen molar-refractivity contribution in [1.82, 2.24) is 5.32 Å². The maximum Gasteiger partial charge on any atom is 0.417 e. The van der Waals surface area contributed by atoms with Crippen LogP contribution >= 0.6 is 0 Å². The molecule has 3 N–H and O–H groups in total. The van der Waals surface area contributed by atoms with Gasteiger partial charge in [0.1, 0.15) is 0 Å². The summed E-state index contributed by atoms with van der Waals surface area (Å²) in [6, 6.07) is 6.80. The molecule has 0 atom stereocenters. The Hall–Kier alpha value is -1.87. The number of sulfonamides is 1. The van der Waals surface area contributed by atoms with Gasteiger partial charge < -0.3 is 5.32 Å². The SMILES string of the molecule is NS(=O)(=O)CCNC(=O)C=C(c1ccccc1)C(F)(F)F. The van der Waals surface area contributed by atoms with Crippen LogP contribution in [0.3, 0.4) is 0 Å². The van der Waals surface area contributed by atoms with Gasteiger partial charge in [-0.15, -0.1) is 0 Å². The normalized spacial score (nSPS) is 13.0. The van der Waals surface area contributed by atoms with Crippen LogP contribution in [-0.4, -0.2) is 32.8 Å². The van der Waals surface area contributed by atoms with Gasteiger partial charge in [0, 0.05) is 12.6 Å². The molecule has 1 aromatic carbocycles. The lowest BCUT2D eigenvalue weighted by Gasteiger charge is -2.12. The second kappa shape index (κ2) is 6.72. The van der Waals surface area contributed by atoms with Crippen LogP contribution in [-0.2, 0) is 14.8 Å². The molecule has 116 valence electrons. The highest BCUT2D eigenvalue weighted by molar-refractivity contribution is 7.89. The Bertz CT molecular complexity index is 625. The summed E-state index contributed by atoms with van der Waals surface area (Å²) in [5, 5.41) is 6.75. The van der Waals surface area contributed by atoms with Crippen molar-refractivity contribution < 1.29 is 26.4 Å². The average Bonchev–Trinajstić information content (AvgIpc) is 2.34. The Morgan fingerprint density at radius 3 is 2.29 bits per heavy atom. The van der Waals surface area contributed by atoms with E-state index < -0.39 is 33.4 Å².